The third-order valence-corrected chi connectivity index (χ3v) is 4.13. The quantitative estimate of drug-likeness (QED) is 0.625. The molecule has 23 heavy (non-hydrogen) atoms. The first kappa shape index (κ1) is 17.6. The minimum atomic E-state index is 0.324. The van der Waals surface area contributed by atoms with Crippen molar-refractivity contribution in [2.24, 2.45) is 0 Å². The van der Waals surface area contributed by atoms with Crippen LogP contribution in [0.3, 0.4) is 0 Å². The van der Waals surface area contributed by atoms with Crippen molar-refractivity contribution < 1.29 is 4.74 Å². The maximum absolute atomic E-state index is 5.76. The first-order chi connectivity index (χ1) is 11.2. The highest BCUT2D eigenvalue weighted by Gasteiger charge is 2.05. The Balaban J connectivity index is 1.80. The number of ether oxygens (including phenoxy) is 1. The summed E-state index contributed by atoms with van der Waals surface area (Å²) in [7, 11) is 0. The van der Waals surface area contributed by atoms with Crippen molar-refractivity contribution in [3.63, 3.8) is 0 Å². The fourth-order valence-electron chi connectivity index (χ4n) is 2.49. The van der Waals surface area contributed by atoms with Gasteiger partial charge < -0.3 is 10.1 Å². The summed E-state index contributed by atoms with van der Waals surface area (Å²) in [5.74, 6) is 0.968. The van der Waals surface area contributed by atoms with Crippen LogP contribution in [0, 0.1) is 6.92 Å². The Kier molecular flexibility index (Phi) is 7.15. The van der Waals surface area contributed by atoms with Crippen LogP contribution in [0.1, 0.15) is 55.8 Å². The molecule has 0 saturated carbocycles. The molecule has 0 fully saturated rings. The van der Waals surface area contributed by atoms with Crippen LogP contribution < -0.4 is 10.1 Å². The molecule has 2 aromatic carbocycles. The molecule has 2 heteroatoms. The lowest BCUT2D eigenvalue weighted by Crippen LogP contribution is -2.18. The van der Waals surface area contributed by atoms with E-state index in [-0.39, 0.29) is 0 Å². The fourth-order valence-corrected chi connectivity index (χ4v) is 2.49. The Morgan fingerprint density at radius 1 is 0.957 bits per heavy atom. The molecule has 2 rings (SSSR count). The van der Waals surface area contributed by atoms with E-state index < -0.39 is 0 Å². The maximum Gasteiger partial charge on any atom is 0.119 e. The Labute approximate surface area is 140 Å². The summed E-state index contributed by atoms with van der Waals surface area (Å²) in [5, 5.41) is 3.57. The summed E-state index contributed by atoms with van der Waals surface area (Å²) in [4.78, 5) is 0. The maximum atomic E-state index is 5.76. The molecule has 2 nitrogen and oxygen atoms in total. The second kappa shape index (κ2) is 9.36. The van der Waals surface area contributed by atoms with Crippen molar-refractivity contribution in [2.75, 3.05) is 6.61 Å². The Bertz CT molecular complexity index is 559. The van der Waals surface area contributed by atoms with Gasteiger partial charge >= 0.3 is 0 Å². The Hall–Kier alpha value is -1.80. The van der Waals surface area contributed by atoms with E-state index >= 15 is 0 Å². The van der Waals surface area contributed by atoms with Gasteiger partial charge in [0.2, 0.25) is 0 Å². The molecule has 0 aliphatic rings. The molecule has 1 atom stereocenters. The zero-order chi connectivity index (χ0) is 16.5. The third kappa shape index (κ3) is 6.07. The van der Waals surface area contributed by atoms with Gasteiger partial charge in [0.25, 0.3) is 0 Å². The van der Waals surface area contributed by atoms with E-state index in [1.807, 2.05) is 0 Å². The number of hydrogen-bond acceptors (Lipinski definition) is 2. The highest BCUT2D eigenvalue weighted by atomic mass is 16.5. The topological polar surface area (TPSA) is 21.3 Å². The van der Waals surface area contributed by atoms with Crippen LogP contribution in [-0.2, 0) is 6.54 Å². The van der Waals surface area contributed by atoms with Crippen molar-refractivity contribution in [1.29, 1.82) is 0 Å². The standard InChI is InChI=1S/C21H29NO/c1-4-5-6-15-23-21-13-11-20(12-14-21)18(3)22-16-19-9-7-17(2)8-10-19/h7-14,18,22H,4-6,15-16H2,1-3H3. The number of unbranched alkanes of at least 4 members (excludes halogenated alkanes) is 2. The summed E-state index contributed by atoms with van der Waals surface area (Å²) >= 11 is 0. The smallest absolute Gasteiger partial charge is 0.119 e. The van der Waals surface area contributed by atoms with E-state index in [0.29, 0.717) is 6.04 Å². The summed E-state index contributed by atoms with van der Waals surface area (Å²) < 4.78 is 5.76. The molecule has 0 bridgehead atoms. The second-order valence-electron chi connectivity index (χ2n) is 6.21. The average molecular weight is 311 g/mol. The fraction of sp³-hybridized carbons (Fsp3) is 0.429. The number of aryl methyl sites for hydroxylation is 1. The summed E-state index contributed by atoms with van der Waals surface area (Å²) in [6, 6.07) is 17.5. The summed E-state index contributed by atoms with van der Waals surface area (Å²) in [5.41, 5.74) is 3.91. The monoisotopic (exact) mass is 311 g/mol. The first-order valence-electron chi connectivity index (χ1n) is 8.70. The van der Waals surface area contributed by atoms with E-state index in [2.05, 4.69) is 74.6 Å². The van der Waals surface area contributed by atoms with Crippen LogP contribution in [-0.4, -0.2) is 6.61 Å². The number of nitrogens with one attached hydrogen (secondary N) is 1. The lowest BCUT2D eigenvalue weighted by atomic mass is 10.1. The van der Waals surface area contributed by atoms with Crippen molar-refractivity contribution in [2.45, 2.75) is 52.6 Å². The zero-order valence-electron chi connectivity index (χ0n) is 14.6. The molecular weight excluding hydrogens is 282 g/mol. The number of hydrogen-bond donors (Lipinski definition) is 1. The molecule has 0 saturated heterocycles. The number of benzene rings is 2. The van der Waals surface area contributed by atoms with Crippen molar-refractivity contribution in [3.8, 4) is 5.75 Å². The Morgan fingerprint density at radius 3 is 2.30 bits per heavy atom. The summed E-state index contributed by atoms with van der Waals surface area (Å²) in [6.45, 7) is 8.22. The van der Waals surface area contributed by atoms with Gasteiger partial charge in [-0.3, -0.25) is 0 Å². The largest absolute Gasteiger partial charge is 0.494 e. The van der Waals surface area contributed by atoms with Crippen LogP contribution in [0.5, 0.6) is 5.75 Å². The molecule has 1 unspecified atom stereocenters. The predicted molar refractivity (Wildman–Crippen MR) is 97.9 cm³/mol. The average Bonchev–Trinajstić information content (AvgIpc) is 2.58. The molecule has 0 heterocycles. The third-order valence-electron chi connectivity index (χ3n) is 4.13. The highest BCUT2D eigenvalue weighted by Crippen LogP contribution is 2.18. The SMILES string of the molecule is CCCCCOc1ccc(C(C)NCc2ccc(C)cc2)cc1. The van der Waals surface area contributed by atoms with Crippen LogP contribution >= 0.6 is 0 Å². The molecule has 0 radical (unpaired) electrons. The van der Waals surface area contributed by atoms with E-state index in [4.69, 9.17) is 4.74 Å². The van der Waals surface area contributed by atoms with E-state index in [1.165, 1.54) is 29.5 Å². The molecule has 124 valence electrons. The number of rotatable bonds is 9. The van der Waals surface area contributed by atoms with Gasteiger partial charge in [0.15, 0.2) is 0 Å². The van der Waals surface area contributed by atoms with Gasteiger partial charge in [-0.25, -0.2) is 0 Å². The molecule has 0 aliphatic heterocycles. The van der Waals surface area contributed by atoms with Crippen LogP contribution in [0.2, 0.25) is 0 Å². The molecule has 0 aliphatic carbocycles. The molecule has 1 N–H and O–H groups in total. The van der Waals surface area contributed by atoms with Crippen molar-refractivity contribution in [1.82, 2.24) is 5.32 Å². The normalized spacial score (nSPS) is 12.1. The molecule has 0 aromatic heterocycles. The highest BCUT2D eigenvalue weighted by molar-refractivity contribution is 5.29. The van der Waals surface area contributed by atoms with Crippen molar-refractivity contribution >= 4 is 0 Å². The van der Waals surface area contributed by atoms with E-state index in [1.54, 1.807) is 0 Å². The predicted octanol–water partition coefficient (Wildman–Crippen LogP) is 5.41. The van der Waals surface area contributed by atoms with E-state index in [9.17, 15) is 0 Å². The van der Waals surface area contributed by atoms with Gasteiger partial charge in [-0.15, -0.1) is 0 Å². The van der Waals surface area contributed by atoms with Crippen LogP contribution in [0.4, 0.5) is 0 Å². The second-order valence-corrected chi connectivity index (χ2v) is 6.21. The van der Waals surface area contributed by atoms with Gasteiger partial charge in [-0.1, -0.05) is 61.7 Å². The van der Waals surface area contributed by atoms with Gasteiger partial charge in [-0.05, 0) is 43.5 Å². The van der Waals surface area contributed by atoms with Gasteiger partial charge in [0.1, 0.15) is 5.75 Å². The van der Waals surface area contributed by atoms with Gasteiger partial charge in [0.05, 0.1) is 6.61 Å². The summed E-state index contributed by atoms with van der Waals surface area (Å²) in [6.07, 6.45) is 3.59. The van der Waals surface area contributed by atoms with Crippen molar-refractivity contribution in [3.05, 3.63) is 65.2 Å². The minimum Gasteiger partial charge on any atom is -0.494 e. The Morgan fingerprint density at radius 2 is 1.65 bits per heavy atom. The zero-order valence-corrected chi connectivity index (χ0v) is 14.6. The van der Waals surface area contributed by atoms with Crippen LogP contribution in [0.15, 0.2) is 48.5 Å². The molecule has 0 amide bonds. The molecule has 0 spiro atoms. The molecular formula is C21H29NO. The van der Waals surface area contributed by atoms with Crippen LogP contribution in [0.25, 0.3) is 0 Å². The minimum absolute atomic E-state index is 0.324. The molecule has 2 aromatic rings. The van der Waals surface area contributed by atoms with E-state index in [0.717, 1.165) is 25.3 Å². The van der Waals surface area contributed by atoms with Gasteiger partial charge in [0, 0.05) is 12.6 Å². The van der Waals surface area contributed by atoms with Gasteiger partial charge in [-0.2, -0.15) is 0 Å². The first-order valence-corrected chi connectivity index (χ1v) is 8.70. The lowest BCUT2D eigenvalue weighted by molar-refractivity contribution is 0.306. The lowest BCUT2D eigenvalue weighted by Gasteiger charge is -2.15.